The van der Waals surface area contributed by atoms with Crippen LogP contribution in [0.15, 0.2) is 54.6 Å². The number of aromatic nitrogens is 1. The molecule has 2 aromatic carbocycles. The average Bonchev–Trinajstić information content (AvgIpc) is 2.99. The first-order valence-electron chi connectivity index (χ1n) is 10.2. The second-order valence-corrected chi connectivity index (χ2v) is 8.22. The summed E-state index contributed by atoms with van der Waals surface area (Å²) in [5.41, 5.74) is 6.04. The molecule has 1 saturated heterocycles. The Balaban J connectivity index is 1.44. The fraction of sp³-hybridized carbons (Fsp3) is 0.417. The van der Waals surface area contributed by atoms with Crippen molar-refractivity contribution < 1.29 is 0 Å². The quantitative estimate of drug-likeness (QED) is 0.642. The van der Waals surface area contributed by atoms with E-state index in [-0.39, 0.29) is 5.54 Å². The number of hydrogen-bond acceptors (Lipinski definition) is 1. The topological polar surface area (TPSA) is 19.0 Å². The predicted molar refractivity (Wildman–Crippen MR) is 109 cm³/mol. The van der Waals surface area contributed by atoms with E-state index in [1.165, 1.54) is 72.9 Å². The predicted octanol–water partition coefficient (Wildman–Crippen LogP) is 5.74. The smallest absolute Gasteiger partial charge is 0.0461 e. The molecule has 0 unspecified atom stereocenters. The minimum atomic E-state index is 0.274. The molecule has 1 aliphatic heterocycles. The first kappa shape index (κ1) is 16.1. The van der Waals surface area contributed by atoms with Gasteiger partial charge >= 0.3 is 0 Å². The normalized spacial score (nSPS) is 26.7. The molecule has 2 nitrogen and oxygen atoms in total. The Kier molecular flexibility index (Phi) is 3.90. The molecule has 2 aliphatic rings. The van der Waals surface area contributed by atoms with Crippen LogP contribution in [0, 0.1) is 6.92 Å². The number of benzene rings is 2. The van der Waals surface area contributed by atoms with Crippen molar-refractivity contribution in [1.82, 2.24) is 9.88 Å². The van der Waals surface area contributed by atoms with Crippen molar-refractivity contribution in [2.24, 2.45) is 0 Å². The first-order valence-corrected chi connectivity index (χ1v) is 10.2. The molecule has 0 bridgehead atoms. The maximum Gasteiger partial charge on any atom is 0.0461 e. The Bertz CT molecular complexity index is 896. The summed E-state index contributed by atoms with van der Waals surface area (Å²) in [6.07, 6.45) is 6.46. The minimum Gasteiger partial charge on any atom is -0.358 e. The van der Waals surface area contributed by atoms with Crippen molar-refractivity contribution in [3.05, 3.63) is 71.4 Å². The van der Waals surface area contributed by atoms with Gasteiger partial charge in [0.15, 0.2) is 0 Å². The van der Waals surface area contributed by atoms with E-state index in [9.17, 15) is 0 Å². The molecule has 0 amide bonds. The van der Waals surface area contributed by atoms with Crippen LogP contribution < -0.4 is 0 Å². The minimum absolute atomic E-state index is 0.274. The molecule has 0 atom stereocenters. The Hall–Kier alpha value is -2.06. The second-order valence-electron chi connectivity index (χ2n) is 8.22. The van der Waals surface area contributed by atoms with Gasteiger partial charge in [-0.3, -0.25) is 4.90 Å². The van der Waals surface area contributed by atoms with Gasteiger partial charge in [0.1, 0.15) is 0 Å². The first-order chi connectivity index (χ1) is 12.8. The number of hydrogen-bond donors (Lipinski definition) is 1. The van der Waals surface area contributed by atoms with Gasteiger partial charge in [-0.2, -0.15) is 0 Å². The van der Waals surface area contributed by atoms with Crippen LogP contribution in [0.4, 0.5) is 0 Å². The summed E-state index contributed by atoms with van der Waals surface area (Å²) in [7, 11) is 0. The SMILES string of the molecule is Cc1c(C2CCC(c3ccccc3)(N3CCC3)CC2)[nH]c2ccccc12. The van der Waals surface area contributed by atoms with Gasteiger partial charge in [-0.1, -0.05) is 48.5 Å². The number of nitrogens with zero attached hydrogens (tertiary/aromatic N) is 1. The van der Waals surface area contributed by atoms with E-state index < -0.39 is 0 Å². The summed E-state index contributed by atoms with van der Waals surface area (Å²) in [5.74, 6) is 0.667. The lowest BCUT2D eigenvalue weighted by Crippen LogP contribution is -2.54. The summed E-state index contributed by atoms with van der Waals surface area (Å²) in [6.45, 7) is 4.83. The summed E-state index contributed by atoms with van der Waals surface area (Å²) < 4.78 is 0. The van der Waals surface area contributed by atoms with E-state index in [4.69, 9.17) is 0 Å². The number of H-pyrrole nitrogens is 1. The second kappa shape index (κ2) is 6.28. The average molecular weight is 345 g/mol. The molecule has 2 heterocycles. The molecular weight excluding hydrogens is 316 g/mol. The molecule has 134 valence electrons. The van der Waals surface area contributed by atoms with Gasteiger partial charge < -0.3 is 4.98 Å². The third-order valence-electron chi connectivity index (χ3n) is 7.00. The molecule has 2 heteroatoms. The van der Waals surface area contributed by atoms with Crippen LogP contribution in [-0.4, -0.2) is 23.0 Å². The zero-order valence-electron chi connectivity index (χ0n) is 15.7. The Morgan fingerprint density at radius 2 is 1.62 bits per heavy atom. The highest BCUT2D eigenvalue weighted by Gasteiger charge is 2.44. The Morgan fingerprint density at radius 1 is 0.923 bits per heavy atom. The largest absolute Gasteiger partial charge is 0.358 e. The third kappa shape index (κ3) is 2.43. The molecule has 3 aromatic rings. The number of para-hydroxylation sites is 1. The van der Waals surface area contributed by atoms with Crippen molar-refractivity contribution in [3.8, 4) is 0 Å². The van der Waals surface area contributed by atoms with E-state index in [0.717, 1.165) is 0 Å². The van der Waals surface area contributed by atoms with Crippen molar-refractivity contribution in [2.75, 3.05) is 13.1 Å². The van der Waals surface area contributed by atoms with Gasteiger partial charge in [0, 0.05) is 35.2 Å². The van der Waals surface area contributed by atoms with Crippen LogP contribution in [0.25, 0.3) is 10.9 Å². The van der Waals surface area contributed by atoms with Crippen molar-refractivity contribution >= 4 is 10.9 Å². The summed E-state index contributed by atoms with van der Waals surface area (Å²) in [5, 5.41) is 1.39. The maximum absolute atomic E-state index is 3.74. The molecule has 2 fully saturated rings. The van der Waals surface area contributed by atoms with Crippen molar-refractivity contribution in [3.63, 3.8) is 0 Å². The van der Waals surface area contributed by atoms with Gasteiger partial charge in [-0.25, -0.2) is 0 Å². The Morgan fingerprint density at radius 3 is 2.27 bits per heavy atom. The van der Waals surface area contributed by atoms with E-state index >= 15 is 0 Å². The summed E-state index contributed by atoms with van der Waals surface area (Å²) >= 11 is 0. The monoisotopic (exact) mass is 344 g/mol. The van der Waals surface area contributed by atoms with Gasteiger partial charge in [-0.15, -0.1) is 0 Å². The van der Waals surface area contributed by atoms with Crippen molar-refractivity contribution in [1.29, 1.82) is 0 Å². The fourth-order valence-corrected chi connectivity index (χ4v) is 5.38. The number of aryl methyl sites for hydroxylation is 1. The van der Waals surface area contributed by atoms with Gasteiger partial charge in [0.2, 0.25) is 0 Å². The number of aromatic amines is 1. The molecule has 0 spiro atoms. The summed E-state index contributed by atoms with van der Waals surface area (Å²) in [6, 6.07) is 20.0. The zero-order chi connectivity index (χ0) is 17.6. The molecule has 1 aromatic heterocycles. The highest BCUT2D eigenvalue weighted by Crippen LogP contribution is 2.49. The third-order valence-corrected chi connectivity index (χ3v) is 7.00. The molecular formula is C24H28N2. The Labute approximate surface area is 156 Å². The van der Waals surface area contributed by atoms with Crippen LogP contribution in [0.1, 0.15) is 54.8 Å². The lowest BCUT2D eigenvalue weighted by atomic mass is 9.69. The zero-order valence-corrected chi connectivity index (χ0v) is 15.7. The number of likely N-dealkylation sites (tertiary alicyclic amines) is 1. The van der Waals surface area contributed by atoms with Crippen LogP contribution in [0.3, 0.4) is 0 Å². The molecule has 1 saturated carbocycles. The molecule has 26 heavy (non-hydrogen) atoms. The summed E-state index contributed by atoms with van der Waals surface area (Å²) in [4.78, 5) is 6.49. The molecule has 1 N–H and O–H groups in total. The van der Waals surface area contributed by atoms with Gasteiger partial charge in [0.05, 0.1) is 0 Å². The standard InChI is InChI=1S/C24H28N2/c1-18-21-10-5-6-11-22(21)25-23(18)19-12-14-24(15-13-19,26-16-7-17-26)20-8-3-2-4-9-20/h2-6,8-11,19,25H,7,12-17H2,1H3. The van der Waals surface area contributed by atoms with Crippen LogP contribution >= 0.6 is 0 Å². The van der Waals surface area contributed by atoms with Crippen molar-refractivity contribution in [2.45, 2.75) is 50.5 Å². The highest BCUT2D eigenvalue weighted by atomic mass is 15.2. The maximum atomic E-state index is 3.74. The van der Waals surface area contributed by atoms with E-state index in [2.05, 4.69) is 71.4 Å². The number of rotatable bonds is 3. The van der Waals surface area contributed by atoms with E-state index in [1.54, 1.807) is 0 Å². The van der Waals surface area contributed by atoms with Gasteiger partial charge in [0.25, 0.3) is 0 Å². The molecule has 0 radical (unpaired) electrons. The lowest BCUT2D eigenvalue weighted by molar-refractivity contribution is -0.00687. The molecule has 1 aliphatic carbocycles. The number of fused-ring (bicyclic) bond motifs is 1. The van der Waals surface area contributed by atoms with Crippen LogP contribution in [0.5, 0.6) is 0 Å². The van der Waals surface area contributed by atoms with E-state index in [1.807, 2.05) is 0 Å². The van der Waals surface area contributed by atoms with E-state index in [0.29, 0.717) is 5.92 Å². The highest BCUT2D eigenvalue weighted by molar-refractivity contribution is 5.84. The number of nitrogens with one attached hydrogen (secondary N) is 1. The fourth-order valence-electron chi connectivity index (χ4n) is 5.38. The lowest BCUT2D eigenvalue weighted by Gasteiger charge is -2.52. The van der Waals surface area contributed by atoms with Crippen LogP contribution in [-0.2, 0) is 5.54 Å². The van der Waals surface area contributed by atoms with Gasteiger partial charge in [-0.05, 0) is 62.1 Å². The molecule has 5 rings (SSSR count). The van der Waals surface area contributed by atoms with Crippen LogP contribution in [0.2, 0.25) is 0 Å².